The Balaban J connectivity index is 1.71. The molecule has 6 rings (SSSR count). The maximum atomic E-state index is 14.4. The maximum absolute atomic E-state index is 14.4. The summed E-state index contributed by atoms with van der Waals surface area (Å²) in [5, 5.41) is 9.28. The van der Waals surface area contributed by atoms with Gasteiger partial charge in [0, 0.05) is 5.57 Å². The van der Waals surface area contributed by atoms with E-state index in [1.165, 1.54) is 9.25 Å². The monoisotopic (exact) mass is 502 g/mol. The van der Waals surface area contributed by atoms with Crippen LogP contribution in [-0.2, 0) is 5.72 Å². The molecule has 0 radical (unpaired) electrons. The minimum atomic E-state index is -1.40. The van der Waals surface area contributed by atoms with Gasteiger partial charge in [0.25, 0.3) is 5.72 Å². The Kier molecular flexibility index (Phi) is 5.54. The van der Waals surface area contributed by atoms with E-state index in [4.69, 9.17) is 4.74 Å². The van der Waals surface area contributed by atoms with Crippen LogP contribution in [0.15, 0.2) is 123 Å². The standard InChI is InChI=1S/C31H26N4O3/c1-21-22(2)31(25-12-8-9-13-25,38-27-18-16-23(20-32)17-19-27)35-30(37)33(26-14-4-3-5-15-26)29(36)34(35)28(21)24-10-6-7-11-24/h3-6,8,10-19,28H,7,9H2,1-2H3/t28-,31-/m1/s1. The van der Waals surface area contributed by atoms with Crippen molar-refractivity contribution in [2.45, 2.75) is 38.5 Å². The van der Waals surface area contributed by atoms with E-state index >= 15 is 0 Å². The van der Waals surface area contributed by atoms with E-state index in [0.717, 1.165) is 28.7 Å². The molecule has 1 aliphatic heterocycles. The third kappa shape index (κ3) is 3.34. The Morgan fingerprint density at radius 3 is 2.26 bits per heavy atom. The molecule has 0 unspecified atom stereocenters. The summed E-state index contributed by atoms with van der Waals surface area (Å²) in [7, 11) is 0. The zero-order valence-corrected chi connectivity index (χ0v) is 21.2. The summed E-state index contributed by atoms with van der Waals surface area (Å²) >= 11 is 0. The number of allylic oxidation sites excluding steroid dienone is 7. The molecule has 188 valence electrons. The van der Waals surface area contributed by atoms with Gasteiger partial charge in [-0.25, -0.2) is 18.8 Å². The zero-order chi connectivity index (χ0) is 26.4. The van der Waals surface area contributed by atoms with Gasteiger partial charge in [0.1, 0.15) is 11.8 Å². The van der Waals surface area contributed by atoms with Crippen LogP contribution in [0.5, 0.6) is 5.75 Å². The van der Waals surface area contributed by atoms with Gasteiger partial charge in [0.05, 0.1) is 17.3 Å². The van der Waals surface area contributed by atoms with E-state index in [0.29, 0.717) is 23.4 Å². The number of hydrogen-bond donors (Lipinski definition) is 0. The molecule has 0 amide bonds. The second-order valence-electron chi connectivity index (χ2n) is 9.63. The van der Waals surface area contributed by atoms with Crippen molar-refractivity contribution in [1.29, 1.82) is 5.26 Å². The summed E-state index contributed by atoms with van der Waals surface area (Å²) in [5.74, 6) is 0.481. The predicted molar refractivity (Wildman–Crippen MR) is 145 cm³/mol. The number of ether oxygens (including phenoxy) is 1. The van der Waals surface area contributed by atoms with E-state index < -0.39 is 23.1 Å². The highest BCUT2D eigenvalue weighted by molar-refractivity contribution is 5.49. The second kappa shape index (κ2) is 8.93. The van der Waals surface area contributed by atoms with Gasteiger partial charge in [0.15, 0.2) is 0 Å². The molecule has 3 aromatic rings. The molecule has 38 heavy (non-hydrogen) atoms. The molecular weight excluding hydrogens is 476 g/mol. The molecule has 0 saturated carbocycles. The summed E-state index contributed by atoms with van der Waals surface area (Å²) in [6, 6.07) is 17.4. The van der Waals surface area contributed by atoms with Gasteiger partial charge in [-0.05, 0) is 79.8 Å². The van der Waals surface area contributed by atoms with Crippen molar-refractivity contribution >= 4 is 0 Å². The molecule has 0 bridgehead atoms. The van der Waals surface area contributed by atoms with Crippen molar-refractivity contribution in [2.75, 3.05) is 0 Å². The van der Waals surface area contributed by atoms with E-state index in [1.54, 1.807) is 53.2 Å². The minimum Gasteiger partial charge on any atom is -0.458 e. The molecular formula is C31H26N4O3. The number of nitrogens with zero attached hydrogens (tertiary/aromatic N) is 4. The summed E-state index contributed by atoms with van der Waals surface area (Å²) in [4.78, 5) is 28.6. The third-order valence-corrected chi connectivity index (χ3v) is 7.57. The molecule has 2 aliphatic carbocycles. The Morgan fingerprint density at radius 2 is 1.63 bits per heavy atom. The van der Waals surface area contributed by atoms with Crippen LogP contribution >= 0.6 is 0 Å². The van der Waals surface area contributed by atoms with E-state index in [9.17, 15) is 14.9 Å². The highest BCUT2D eigenvalue weighted by atomic mass is 16.5. The van der Waals surface area contributed by atoms with Crippen molar-refractivity contribution in [3.8, 4) is 17.5 Å². The van der Waals surface area contributed by atoms with E-state index in [2.05, 4.69) is 18.2 Å². The van der Waals surface area contributed by atoms with Crippen LogP contribution in [0.25, 0.3) is 5.69 Å². The summed E-state index contributed by atoms with van der Waals surface area (Å²) in [5.41, 5.74) is 2.17. The maximum Gasteiger partial charge on any atom is 0.355 e. The highest BCUT2D eigenvalue weighted by Gasteiger charge is 2.51. The van der Waals surface area contributed by atoms with Gasteiger partial charge in [-0.15, -0.1) is 0 Å². The molecule has 0 saturated heterocycles. The van der Waals surface area contributed by atoms with Gasteiger partial charge in [-0.2, -0.15) is 9.94 Å². The first-order valence-corrected chi connectivity index (χ1v) is 12.6. The lowest BCUT2D eigenvalue weighted by Crippen LogP contribution is -2.55. The predicted octanol–water partition coefficient (Wildman–Crippen LogP) is 5.07. The first kappa shape index (κ1) is 23.6. The van der Waals surface area contributed by atoms with Crippen LogP contribution in [0.4, 0.5) is 0 Å². The number of hydrogen-bond acceptors (Lipinski definition) is 4. The molecule has 2 heterocycles. The summed E-state index contributed by atoms with van der Waals surface area (Å²) in [6.07, 6.45) is 13.6. The zero-order valence-electron chi connectivity index (χ0n) is 21.2. The minimum absolute atomic E-state index is 0.436. The Morgan fingerprint density at radius 1 is 0.921 bits per heavy atom. The molecule has 0 spiro atoms. The van der Waals surface area contributed by atoms with Crippen molar-refractivity contribution in [3.63, 3.8) is 0 Å². The quantitative estimate of drug-likeness (QED) is 0.456. The fourth-order valence-corrected chi connectivity index (χ4v) is 5.65. The first-order valence-electron chi connectivity index (χ1n) is 12.6. The van der Waals surface area contributed by atoms with Crippen molar-refractivity contribution in [3.05, 3.63) is 140 Å². The Bertz CT molecular complexity index is 1750. The number of fused-ring (bicyclic) bond motifs is 1. The Labute approximate surface area is 219 Å². The number of para-hydroxylation sites is 1. The SMILES string of the molecule is CC1=C(C)[C@@](Oc2ccc(C#N)cc2)(C2=CCC=C2)n2c(=O)n(-c3ccccc3)c(=O)n2[C@H]1C1=CCC=C1. The number of benzene rings is 2. The third-order valence-electron chi connectivity index (χ3n) is 7.57. The molecule has 7 heteroatoms. The largest absolute Gasteiger partial charge is 0.458 e. The van der Waals surface area contributed by atoms with Gasteiger partial charge < -0.3 is 4.74 Å². The van der Waals surface area contributed by atoms with Crippen molar-refractivity contribution < 1.29 is 4.74 Å². The van der Waals surface area contributed by atoms with E-state index in [-0.39, 0.29) is 0 Å². The molecule has 2 atom stereocenters. The van der Waals surface area contributed by atoms with E-state index in [1.807, 2.05) is 44.2 Å². The van der Waals surface area contributed by atoms with Gasteiger partial charge in [0.2, 0.25) is 0 Å². The fraction of sp³-hybridized carbons (Fsp3) is 0.194. The molecule has 2 aromatic carbocycles. The van der Waals surface area contributed by atoms with Crippen LogP contribution in [-0.4, -0.2) is 13.9 Å². The lowest BCUT2D eigenvalue weighted by molar-refractivity contribution is 0.0278. The van der Waals surface area contributed by atoms with Crippen molar-refractivity contribution in [2.24, 2.45) is 0 Å². The van der Waals surface area contributed by atoms with Crippen LogP contribution < -0.4 is 16.1 Å². The van der Waals surface area contributed by atoms with Crippen molar-refractivity contribution in [1.82, 2.24) is 13.9 Å². The normalized spacial score (nSPS) is 21.8. The number of rotatable bonds is 5. The topological polar surface area (TPSA) is 81.9 Å². The average Bonchev–Trinajstić information content (AvgIpc) is 3.71. The van der Waals surface area contributed by atoms with Gasteiger partial charge >= 0.3 is 11.4 Å². The first-order chi connectivity index (χ1) is 18.5. The highest BCUT2D eigenvalue weighted by Crippen LogP contribution is 2.46. The smallest absolute Gasteiger partial charge is 0.355 e. The van der Waals surface area contributed by atoms with Crippen LogP contribution in [0.2, 0.25) is 0 Å². The van der Waals surface area contributed by atoms with Gasteiger partial charge in [-0.1, -0.05) is 54.7 Å². The lowest BCUT2D eigenvalue weighted by atomic mass is 9.85. The molecule has 3 aliphatic rings. The lowest BCUT2D eigenvalue weighted by Gasteiger charge is -2.44. The summed E-state index contributed by atoms with van der Waals surface area (Å²) in [6.45, 7) is 3.97. The van der Waals surface area contributed by atoms with Crippen LogP contribution in [0, 0.1) is 11.3 Å². The van der Waals surface area contributed by atoms with Crippen LogP contribution in [0.1, 0.15) is 38.3 Å². The van der Waals surface area contributed by atoms with Gasteiger partial charge in [-0.3, -0.25) is 0 Å². The number of aromatic nitrogens is 3. The second-order valence-corrected chi connectivity index (χ2v) is 9.63. The fourth-order valence-electron chi connectivity index (χ4n) is 5.65. The molecule has 7 nitrogen and oxygen atoms in total. The summed E-state index contributed by atoms with van der Waals surface area (Å²) < 4.78 is 11.1. The molecule has 1 aromatic heterocycles. The molecule has 0 fully saturated rings. The molecule has 0 N–H and O–H groups in total. The van der Waals surface area contributed by atoms with Crippen LogP contribution in [0.3, 0.4) is 0 Å². The number of nitriles is 1. The Hall–Kier alpha value is -4.83. The average molecular weight is 503 g/mol.